The van der Waals surface area contributed by atoms with E-state index in [1.165, 1.54) is 16.7 Å². The van der Waals surface area contributed by atoms with E-state index in [1.807, 2.05) is 12.4 Å². The first-order valence-electron chi connectivity index (χ1n) is 6.98. The van der Waals surface area contributed by atoms with E-state index in [2.05, 4.69) is 60.8 Å². The molecule has 19 heavy (non-hydrogen) atoms. The molecule has 2 rings (SSSR count). The van der Waals surface area contributed by atoms with Crippen molar-refractivity contribution < 1.29 is 0 Å². The van der Waals surface area contributed by atoms with Gasteiger partial charge in [-0.05, 0) is 38.4 Å². The second-order valence-corrected chi connectivity index (χ2v) is 4.92. The van der Waals surface area contributed by atoms with Crippen LogP contribution in [-0.2, 0) is 6.54 Å². The molecule has 1 aromatic carbocycles. The van der Waals surface area contributed by atoms with Gasteiger partial charge < -0.3 is 9.88 Å². The third kappa shape index (κ3) is 2.87. The normalized spacial score (nSPS) is 12.6. The molecule has 0 aliphatic carbocycles. The summed E-state index contributed by atoms with van der Waals surface area (Å²) in [6, 6.07) is 6.78. The zero-order valence-electron chi connectivity index (χ0n) is 12.3. The van der Waals surface area contributed by atoms with E-state index < -0.39 is 0 Å². The van der Waals surface area contributed by atoms with Crippen LogP contribution in [0.1, 0.15) is 42.4 Å². The van der Waals surface area contributed by atoms with E-state index in [1.54, 1.807) is 0 Å². The Bertz CT molecular complexity index is 543. The maximum absolute atomic E-state index is 4.55. The fraction of sp³-hybridized carbons (Fsp3) is 0.438. The molecule has 2 aromatic rings. The van der Waals surface area contributed by atoms with Crippen LogP contribution in [0, 0.1) is 13.8 Å². The van der Waals surface area contributed by atoms with Crippen molar-refractivity contribution in [3.63, 3.8) is 0 Å². The summed E-state index contributed by atoms with van der Waals surface area (Å²) in [4.78, 5) is 4.55. The molecule has 0 saturated heterocycles. The van der Waals surface area contributed by atoms with Gasteiger partial charge in [0.15, 0.2) is 0 Å². The van der Waals surface area contributed by atoms with Gasteiger partial charge in [-0.15, -0.1) is 0 Å². The monoisotopic (exact) mass is 257 g/mol. The van der Waals surface area contributed by atoms with Gasteiger partial charge in [-0.2, -0.15) is 0 Å². The standard InChI is InChI=1S/C16H23N3/c1-5-17-15(16-18-9-10-19(16)6-2)14-11-12(3)7-8-13(14)4/h7-11,15,17H,5-6H2,1-4H3. The maximum atomic E-state index is 4.55. The lowest BCUT2D eigenvalue weighted by atomic mass is 9.98. The molecule has 0 aliphatic heterocycles. The summed E-state index contributed by atoms with van der Waals surface area (Å²) in [5.74, 6) is 1.10. The number of hydrogen-bond acceptors (Lipinski definition) is 2. The third-order valence-corrected chi connectivity index (χ3v) is 3.50. The third-order valence-electron chi connectivity index (χ3n) is 3.50. The molecular weight excluding hydrogens is 234 g/mol. The molecule has 1 aromatic heterocycles. The van der Waals surface area contributed by atoms with Crippen LogP contribution >= 0.6 is 0 Å². The number of nitrogens with one attached hydrogen (secondary N) is 1. The summed E-state index contributed by atoms with van der Waals surface area (Å²) in [5, 5.41) is 3.56. The Morgan fingerprint density at radius 2 is 2.05 bits per heavy atom. The van der Waals surface area contributed by atoms with Crippen LogP contribution in [-0.4, -0.2) is 16.1 Å². The van der Waals surface area contributed by atoms with Crippen molar-refractivity contribution in [2.45, 2.75) is 40.3 Å². The minimum absolute atomic E-state index is 0.167. The molecule has 102 valence electrons. The van der Waals surface area contributed by atoms with Gasteiger partial charge in [0.2, 0.25) is 0 Å². The molecule has 1 heterocycles. The van der Waals surface area contributed by atoms with E-state index >= 15 is 0 Å². The van der Waals surface area contributed by atoms with Gasteiger partial charge in [0.1, 0.15) is 5.82 Å². The second-order valence-electron chi connectivity index (χ2n) is 4.92. The van der Waals surface area contributed by atoms with Crippen LogP contribution in [0.4, 0.5) is 0 Å². The largest absolute Gasteiger partial charge is 0.334 e. The topological polar surface area (TPSA) is 29.9 Å². The minimum Gasteiger partial charge on any atom is -0.334 e. The lowest BCUT2D eigenvalue weighted by molar-refractivity contribution is 0.557. The highest BCUT2D eigenvalue weighted by molar-refractivity contribution is 5.36. The molecule has 3 heteroatoms. The molecule has 3 nitrogen and oxygen atoms in total. The van der Waals surface area contributed by atoms with E-state index in [9.17, 15) is 0 Å². The van der Waals surface area contributed by atoms with Crippen molar-refractivity contribution in [2.75, 3.05) is 6.54 Å². The molecule has 0 fully saturated rings. The van der Waals surface area contributed by atoms with E-state index in [0.717, 1.165) is 18.9 Å². The zero-order chi connectivity index (χ0) is 13.8. The Morgan fingerprint density at radius 3 is 2.74 bits per heavy atom. The summed E-state index contributed by atoms with van der Waals surface area (Å²) in [5.41, 5.74) is 3.92. The average molecular weight is 257 g/mol. The summed E-state index contributed by atoms with van der Waals surface area (Å²) in [6.45, 7) is 10.5. The van der Waals surface area contributed by atoms with Gasteiger partial charge in [0.05, 0.1) is 6.04 Å². The van der Waals surface area contributed by atoms with Gasteiger partial charge in [0, 0.05) is 18.9 Å². The number of aromatic nitrogens is 2. The Hall–Kier alpha value is -1.61. The van der Waals surface area contributed by atoms with Crippen LogP contribution in [0.2, 0.25) is 0 Å². The van der Waals surface area contributed by atoms with Gasteiger partial charge in [-0.25, -0.2) is 4.98 Å². The first-order valence-corrected chi connectivity index (χ1v) is 6.98. The van der Waals surface area contributed by atoms with Crippen molar-refractivity contribution in [2.24, 2.45) is 0 Å². The van der Waals surface area contributed by atoms with Crippen molar-refractivity contribution in [3.8, 4) is 0 Å². The smallest absolute Gasteiger partial charge is 0.130 e. The van der Waals surface area contributed by atoms with Crippen LogP contribution < -0.4 is 5.32 Å². The fourth-order valence-corrected chi connectivity index (χ4v) is 2.46. The van der Waals surface area contributed by atoms with E-state index in [4.69, 9.17) is 0 Å². The Labute approximate surface area is 115 Å². The average Bonchev–Trinajstić information content (AvgIpc) is 2.87. The molecule has 1 unspecified atom stereocenters. The lowest BCUT2D eigenvalue weighted by Gasteiger charge is -2.21. The number of nitrogens with zero attached hydrogens (tertiary/aromatic N) is 2. The molecule has 0 radical (unpaired) electrons. The Morgan fingerprint density at radius 1 is 1.26 bits per heavy atom. The van der Waals surface area contributed by atoms with Crippen LogP contribution in [0.5, 0.6) is 0 Å². The predicted molar refractivity (Wildman–Crippen MR) is 79.3 cm³/mol. The van der Waals surface area contributed by atoms with E-state index in [-0.39, 0.29) is 6.04 Å². The minimum atomic E-state index is 0.167. The van der Waals surface area contributed by atoms with Gasteiger partial charge >= 0.3 is 0 Å². The van der Waals surface area contributed by atoms with Gasteiger partial charge in [0.25, 0.3) is 0 Å². The number of rotatable bonds is 5. The molecule has 0 spiro atoms. The van der Waals surface area contributed by atoms with Crippen molar-refractivity contribution in [1.29, 1.82) is 0 Å². The van der Waals surface area contributed by atoms with Gasteiger partial charge in [-0.3, -0.25) is 0 Å². The molecular formula is C16H23N3. The quantitative estimate of drug-likeness (QED) is 0.891. The number of benzene rings is 1. The highest BCUT2D eigenvalue weighted by atomic mass is 15.1. The highest BCUT2D eigenvalue weighted by Crippen LogP contribution is 2.25. The van der Waals surface area contributed by atoms with Crippen molar-refractivity contribution >= 4 is 0 Å². The molecule has 0 aliphatic rings. The summed E-state index contributed by atoms with van der Waals surface area (Å²) in [6.07, 6.45) is 3.93. The van der Waals surface area contributed by atoms with Crippen molar-refractivity contribution in [1.82, 2.24) is 14.9 Å². The molecule has 0 saturated carbocycles. The summed E-state index contributed by atoms with van der Waals surface area (Å²) >= 11 is 0. The van der Waals surface area contributed by atoms with Gasteiger partial charge in [-0.1, -0.05) is 30.7 Å². The summed E-state index contributed by atoms with van der Waals surface area (Å²) < 4.78 is 2.20. The number of imidazole rings is 1. The van der Waals surface area contributed by atoms with Crippen LogP contribution in [0.3, 0.4) is 0 Å². The molecule has 0 bridgehead atoms. The first-order chi connectivity index (χ1) is 9.17. The van der Waals surface area contributed by atoms with Crippen LogP contribution in [0.15, 0.2) is 30.6 Å². The maximum Gasteiger partial charge on any atom is 0.130 e. The Balaban J connectivity index is 2.48. The Kier molecular flexibility index (Phi) is 4.38. The SMILES string of the molecule is CCNC(c1cc(C)ccc1C)c1nccn1CC. The number of aryl methyl sites for hydroxylation is 3. The van der Waals surface area contributed by atoms with Crippen LogP contribution in [0.25, 0.3) is 0 Å². The highest BCUT2D eigenvalue weighted by Gasteiger charge is 2.19. The fourth-order valence-electron chi connectivity index (χ4n) is 2.46. The number of hydrogen-bond donors (Lipinski definition) is 1. The zero-order valence-corrected chi connectivity index (χ0v) is 12.3. The molecule has 1 N–H and O–H groups in total. The molecule has 0 amide bonds. The lowest BCUT2D eigenvalue weighted by Crippen LogP contribution is -2.26. The predicted octanol–water partition coefficient (Wildman–Crippen LogP) is 3.22. The van der Waals surface area contributed by atoms with Crippen molar-refractivity contribution in [3.05, 3.63) is 53.1 Å². The molecule has 1 atom stereocenters. The second kappa shape index (κ2) is 6.02. The van der Waals surface area contributed by atoms with E-state index in [0.29, 0.717) is 0 Å². The first kappa shape index (κ1) is 13.8. The summed E-state index contributed by atoms with van der Waals surface area (Å²) in [7, 11) is 0.